The van der Waals surface area contributed by atoms with Crippen molar-refractivity contribution in [3.05, 3.63) is 59.4 Å². The molecule has 0 spiro atoms. The molecule has 22 heavy (non-hydrogen) atoms. The third-order valence-corrected chi connectivity index (χ3v) is 3.65. The summed E-state index contributed by atoms with van der Waals surface area (Å²) < 4.78 is 13.2. The van der Waals surface area contributed by atoms with E-state index in [0.717, 1.165) is 4.90 Å². The van der Waals surface area contributed by atoms with Gasteiger partial charge in [0, 0.05) is 10.7 Å². The molecule has 1 fully saturated rings. The molecule has 112 valence electrons. The minimum Gasteiger partial charge on any atom is -0.373 e. The van der Waals surface area contributed by atoms with Gasteiger partial charge in [-0.1, -0.05) is 17.7 Å². The summed E-state index contributed by atoms with van der Waals surface area (Å²) in [6.07, 6.45) is 0.0258. The first-order chi connectivity index (χ1) is 10.5. The van der Waals surface area contributed by atoms with Gasteiger partial charge in [-0.3, -0.25) is 9.59 Å². The number of amides is 2. The lowest BCUT2D eigenvalue weighted by atomic mass is 10.2. The van der Waals surface area contributed by atoms with Gasteiger partial charge in [-0.2, -0.15) is 0 Å². The number of carbonyl (C=O) groups is 2. The van der Waals surface area contributed by atoms with Gasteiger partial charge in [-0.25, -0.2) is 9.29 Å². The molecule has 2 aromatic carbocycles. The number of nitrogens with one attached hydrogen (secondary N) is 1. The monoisotopic (exact) mass is 318 g/mol. The van der Waals surface area contributed by atoms with Gasteiger partial charge in [0.05, 0.1) is 12.1 Å². The smallest absolute Gasteiger partial charge is 0.256 e. The summed E-state index contributed by atoms with van der Waals surface area (Å²) in [6.45, 7) is 0. The summed E-state index contributed by atoms with van der Waals surface area (Å²) in [4.78, 5) is 25.6. The van der Waals surface area contributed by atoms with Crippen molar-refractivity contribution in [1.29, 1.82) is 0 Å². The van der Waals surface area contributed by atoms with Crippen LogP contribution in [0.1, 0.15) is 6.42 Å². The van der Waals surface area contributed by atoms with E-state index < -0.39 is 11.9 Å². The first-order valence-electron chi connectivity index (χ1n) is 6.69. The largest absolute Gasteiger partial charge is 0.373 e. The Morgan fingerprint density at radius 2 is 1.86 bits per heavy atom. The molecule has 1 aliphatic rings. The normalized spacial score (nSPS) is 17.9. The van der Waals surface area contributed by atoms with Crippen molar-refractivity contribution >= 4 is 34.8 Å². The van der Waals surface area contributed by atoms with Crippen LogP contribution in [-0.4, -0.2) is 17.9 Å². The van der Waals surface area contributed by atoms with Crippen LogP contribution in [0.3, 0.4) is 0 Å². The van der Waals surface area contributed by atoms with Crippen molar-refractivity contribution in [3.63, 3.8) is 0 Å². The standard InChI is InChI=1S/C16H12ClFN2O2/c17-10-4-6-13(7-5-10)20-15(21)9-14(16(20)22)19-12-3-1-2-11(18)8-12/h1-8,14,19H,9H2/t14-/m0/s1. The van der Waals surface area contributed by atoms with Crippen molar-refractivity contribution in [2.75, 3.05) is 10.2 Å². The van der Waals surface area contributed by atoms with Crippen LogP contribution in [-0.2, 0) is 9.59 Å². The van der Waals surface area contributed by atoms with Crippen molar-refractivity contribution in [1.82, 2.24) is 0 Å². The van der Waals surface area contributed by atoms with Crippen LogP contribution in [0.15, 0.2) is 48.5 Å². The maximum absolute atomic E-state index is 13.2. The number of anilines is 2. The van der Waals surface area contributed by atoms with Crippen molar-refractivity contribution < 1.29 is 14.0 Å². The third kappa shape index (κ3) is 2.80. The fourth-order valence-electron chi connectivity index (χ4n) is 2.39. The number of carbonyl (C=O) groups excluding carboxylic acids is 2. The van der Waals surface area contributed by atoms with Crippen LogP contribution < -0.4 is 10.2 Å². The van der Waals surface area contributed by atoms with Gasteiger partial charge >= 0.3 is 0 Å². The molecule has 2 amide bonds. The van der Waals surface area contributed by atoms with Gasteiger partial charge in [0.1, 0.15) is 11.9 Å². The number of benzene rings is 2. The highest BCUT2D eigenvalue weighted by molar-refractivity contribution is 6.30. The van der Waals surface area contributed by atoms with E-state index in [1.54, 1.807) is 30.3 Å². The molecule has 4 nitrogen and oxygen atoms in total. The fourth-order valence-corrected chi connectivity index (χ4v) is 2.51. The van der Waals surface area contributed by atoms with Crippen molar-refractivity contribution in [2.45, 2.75) is 12.5 Å². The molecule has 1 aliphatic heterocycles. The first-order valence-corrected chi connectivity index (χ1v) is 7.07. The highest BCUT2D eigenvalue weighted by atomic mass is 35.5. The summed E-state index contributed by atoms with van der Waals surface area (Å²) in [5.41, 5.74) is 0.937. The van der Waals surface area contributed by atoms with E-state index in [1.807, 2.05) is 0 Å². The number of hydrogen-bond acceptors (Lipinski definition) is 3. The molecule has 2 aromatic rings. The summed E-state index contributed by atoms with van der Waals surface area (Å²) >= 11 is 5.81. The summed E-state index contributed by atoms with van der Waals surface area (Å²) in [6, 6.07) is 11.5. The van der Waals surface area contributed by atoms with Crippen LogP contribution >= 0.6 is 11.6 Å². The van der Waals surface area contributed by atoms with Crippen molar-refractivity contribution in [2.24, 2.45) is 0 Å². The van der Waals surface area contributed by atoms with Gasteiger partial charge in [0.15, 0.2) is 0 Å². The molecular weight excluding hydrogens is 307 g/mol. The van der Waals surface area contributed by atoms with Crippen LogP contribution in [0.5, 0.6) is 0 Å². The second-order valence-electron chi connectivity index (χ2n) is 4.96. The molecule has 1 heterocycles. The zero-order valence-electron chi connectivity index (χ0n) is 11.4. The summed E-state index contributed by atoms with van der Waals surface area (Å²) in [5, 5.41) is 3.42. The molecule has 0 aliphatic carbocycles. The molecule has 1 saturated heterocycles. The summed E-state index contributed by atoms with van der Waals surface area (Å²) in [5.74, 6) is -1.07. The van der Waals surface area contributed by atoms with E-state index in [-0.39, 0.29) is 18.2 Å². The Labute approximate surface area is 131 Å². The van der Waals surface area contributed by atoms with E-state index in [0.29, 0.717) is 16.4 Å². The van der Waals surface area contributed by atoms with Gasteiger partial charge in [0.25, 0.3) is 5.91 Å². The quantitative estimate of drug-likeness (QED) is 0.884. The lowest BCUT2D eigenvalue weighted by Gasteiger charge is -2.16. The number of halogens is 2. The van der Waals surface area contributed by atoms with Gasteiger partial charge in [-0.15, -0.1) is 0 Å². The molecule has 0 aromatic heterocycles. The third-order valence-electron chi connectivity index (χ3n) is 3.40. The topological polar surface area (TPSA) is 49.4 Å². The predicted molar refractivity (Wildman–Crippen MR) is 82.4 cm³/mol. The van der Waals surface area contributed by atoms with E-state index in [1.165, 1.54) is 18.2 Å². The van der Waals surface area contributed by atoms with Crippen molar-refractivity contribution in [3.8, 4) is 0 Å². The van der Waals surface area contributed by atoms with Gasteiger partial charge in [0.2, 0.25) is 5.91 Å². The Bertz CT molecular complexity index is 733. The van der Waals surface area contributed by atoms with E-state index >= 15 is 0 Å². The molecular formula is C16H12ClFN2O2. The molecule has 1 N–H and O–H groups in total. The summed E-state index contributed by atoms with van der Waals surface area (Å²) in [7, 11) is 0. The van der Waals surface area contributed by atoms with E-state index in [4.69, 9.17) is 11.6 Å². The van der Waals surface area contributed by atoms with Crippen LogP contribution in [0.25, 0.3) is 0 Å². The Balaban J connectivity index is 1.81. The Morgan fingerprint density at radius 3 is 2.55 bits per heavy atom. The lowest BCUT2D eigenvalue weighted by Crippen LogP contribution is -2.34. The molecule has 0 bridgehead atoms. The average molecular weight is 319 g/mol. The van der Waals surface area contributed by atoms with Gasteiger partial charge < -0.3 is 5.32 Å². The second-order valence-corrected chi connectivity index (χ2v) is 5.39. The molecule has 1 atom stereocenters. The highest BCUT2D eigenvalue weighted by Gasteiger charge is 2.39. The van der Waals surface area contributed by atoms with Gasteiger partial charge in [-0.05, 0) is 42.5 Å². The SMILES string of the molecule is O=C1C[C@H](Nc2cccc(F)c2)C(=O)N1c1ccc(Cl)cc1. The zero-order valence-corrected chi connectivity index (χ0v) is 12.2. The minimum absolute atomic E-state index is 0.0258. The lowest BCUT2D eigenvalue weighted by molar-refractivity contribution is -0.121. The van der Waals surface area contributed by atoms with E-state index in [9.17, 15) is 14.0 Å². The molecule has 0 saturated carbocycles. The van der Waals surface area contributed by atoms with E-state index in [2.05, 4.69) is 5.32 Å². The Hall–Kier alpha value is -2.40. The second kappa shape index (κ2) is 5.77. The maximum Gasteiger partial charge on any atom is 0.256 e. The molecule has 0 radical (unpaired) electrons. The predicted octanol–water partition coefficient (Wildman–Crippen LogP) is 3.22. The molecule has 0 unspecified atom stereocenters. The zero-order chi connectivity index (χ0) is 15.7. The average Bonchev–Trinajstić information content (AvgIpc) is 2.75. The first kappa shape index (κ1) is 14.5. The Morgan fingerprint density at radius 1 is 1.14 bits per heavy atom. The maximum atomic E-state index is 13.2. The number of rotatable bonds is 3. The van der Waals surface area contributed by atoms with Crippen LogP contribution in [0.2, 0.25) is 5.02 Å². The number of nitrogens with zero attached hydrogens (tertiary/aromatic N) is 1. The van der Waals surface area contributed by atoms with Crippen LogP contribution in [0.4, 0.5) is 15.8 Å². The molecule has 3 rings (SSSR count). The van der Waals surface area contributed by atoms with Crippen LogP contribution in [0, 0.1) is 5.82 Å². The Kier molecular flexibility index (Phi) is 3.81. The number of imide groups is 1. The fraction of sp³-hybridized carbons (Fsp3) is 0.125. The minimum atomic E-state index is -0.704. The number of hydrogen-bond donors (Lipinski definition) is 1. The highest BCUT2D eigenvalue weighted by Crippen LogP contribution is 2.26. The molecule has 6 heteroatoms.